The fourth-order valence-corrected chi connectivity index (χ4v) is 4.55. The van der Waals surface area contributed by atoms with Gasteiger partial charge in [-0.15, -0.1) is 0 Å². The van der Waals surface area contributed by atoms with Gasteiger partial charge in [0.25, 0.3) is 11.7 Å². The second kappa shape index (κ2) is 8.13. The number of amides is 1. The maximum absolute atomic E-state index is 13.2. The zero-order valence-corrected chi connectivity index (χ0v) is 18.1. The van der Waals surface area contributed by atoms with E-state index in [1.165, 1.54) is 17.0 Å². The molecule has 0 unspecified atom stereocenters. The molecule has 0 radical (unpaired) electrons. The van der Waals surface area contributed by atoms with Gasteiger partial charge in [0, 0.05) is 18.5 Å². The van der Waals surface area contributed by atoms with Gasteiger partial charge in [-0.25, -0.2) is 0 Å². The third-order valence-electron chi connectivity index (χ3n) is 6.11. The molecule has 0 aliphatic carbocycles. The molecule has 2 N–H and O–H groups in total. The number of phenols is 1. The highest BCUT2D eigenvalue weighted by molar-refractivity contribution is 6.46. The van der Waals surface area contributed by atoms with Crippen molar-refractivity contribution < 1.29 is 24.5 Å². The lowest BCUT2D eigenvalue weighted by Gasteiger charge is -2.25. The number of hydrogen-bond acceptors (Lipinski definition) is 5. The average Bonchev–Trinajstić information content (AvgIpc) is 3.31. The van der Waals surface area contributed by atoms with E-state index < -0.39 is 17.7 Å². The number of aliphatic hydroxyl groups is 1. The molecule has 0 spiro atoms. The second-order valence-electron chi connectivity index (χ2n) is 8.46. The lowest BCUT2D eigenvalue weighted by Crippen LogP contribution is -2.29. The van der Waals surface area contributed by atoms with Crippen molar-refractivity contribution in [2.24, 2.45) is 0 Å². The van der Waals surface area contributed by atoms with Crippen molar-refractivity contribution >= 4 is 17.4 Å². The molecule has 2 aliphatic heterocycles. The second-order valence-corrected chi connectivity index (χ2v) is 8.46. The molecule has 6 nitrogen and oxygen atoms in total. The third-order valence-corrected chi connectivity index (χ3v) is 6.11. The Morgan fingerprint density at radius 2 is 1.76 bits per heavy atom. The number of ether oxygens (including phenoxy) is 1. The highest BCUT2D eigenvalue weighted by atomic mass is 16.5. The summed E-state index contributed by atoms with van der Waals surface area (Å²) in [5, 5.41) is 21.0. The average molecular weight is 441 g/mol. The molecular formula is C27H23NO5. The van der Waals surface area contributed by atoms with Crippen LogP contribution in [0.1, 0.15) is 35.2 Å². The standard InChI is InChI=1S/C27H23NO5/c1-16-13-20-14-19(9-12-22(20)33-16)25(30)23-24(18-7-10-21(29)11-8-18)28(27(32)26(23)31)15-17-5-3-2-4-6-17/h2-12,14,16,24,29-30H,13,15H2,1H3/t16-,24-/m0/s1. The Hall–Kier alpha value is -4.06. The Balaban J connectivity index is 1.62. The summed E-state index contributed by atoms with van der Waals surface area (Å²) in [5.41, 5.74) is 2.95. The van der Waals surface area contributed by atoms with Crippen LogP contribution >= 0.6 is 0 Å². The third kappa shape index (κ3) is 3.74. The van der Waals surface area contributed by atoms with Crippen LogP contribution in [0, 0.1) is 0 Å². The summed E-state index contributed by atoms with van der Waals surface area (Å²) in [6, 6.07) is 20.2. The maximum atomic E-state index is 13.2. The summed E-state index contributed by atoms with van der Waals surface area (Å²) in [6.45, 7) is 2.18. The highest BCUT2D eigenvalue weighted by Crippen LogP contribution is 2.41. The minimum atomic E-state index is -0.783. The molecule has 6 heteroatoms. The van der Waals surface area contributed by atoms with E-state index in [2.05, 4.69) is 0 Å². The first-order valence-corrected chi connectivity index (χ1v) is 10.8. The number of ketones is 1. The quantitative estimate of drug-likeness (QED) is 0.357. The molecule has 0 bridgehead atoms. The summed E-state index contributed by atoms with van der Waals surface area (Å²) < 4.78 is 5.74. The molecule has 1 fully saturated rings. The van der Waals surface area contributed by atoms with Gasteiger partial charge in [-0.3, -0.25) is 9.59 Å². The number of Topliss-reactive ketones (excluding diaryl/α,β-unsaturated/α-hetero) is 1. The van der Waals surface area contributed by atoms with Crippen LogP contribution in [0.2, 0.25) is 0 Å². The van der Waals surface area contributed by atoms with Gasteiger partial charge in [-0.2, -0.15) is 0 Å². The number of carbonyl (C=O) groups is 2. The first-order chi connectivity index (χ1) is 15.9. The van der Waals surface area contributed by atoms with Crippen LogP contribution in [-0.2, 0) is 22.6 Å². The van der Waals surface area contributed by atoms with Crippen LogP contribution < -0.4 is 4.74 Å². The van der Waals surface area contributed by atoms with Gasteiger partial charge < -0.3 is 19.8 Å². The van der Waals surface area contributed by atoms with Gasteiger partial charge in [-0.1, -0.05) is 42.5 Å². The smallest absolute Gasteiger partial charge is 0.295 e. The predicted octanol–water partition coefficient (Wildman–Crippen LogP) is 4.34. The van der Waals surface area contributed by atoms with E-state index in [0.717, 1.165) is 16.9 Å². The van der Waals surface area contributed by atoms with Gasteiger partial charge in [0.2, 0.25) is 0 Å². The Bertz CT molecular complexity index is 1260. The molecule has 166 valence electrons. The number of nitrogens with zero attached hydrogens (tertiary/aromatic N) is 1. The van der Waals surface area contributed by atoms with Gasteiger partial charge in [0.1, 0.15) is 23.4 Å². The van der Waals surface area contributed by atoms with Gasteiger partial charge >= 0.3 is 0 Å². The number of fused-ring (bicyclic) bond motifs is 1. The zero-order valence-electron chi connectivity index (χ0n) is 18.1. The molecule has 5 rings (SSSR count). The fourth-order valence-electron chi connectivity index (χ4n) is 4.55. The molecule has 2 aliphatic rings. The molecule has 1 amide bonds. The summed E-state index contributed by atoms with van der Waals surface area (Å²) >= 11 is 0. The van der Waals surface area contributed by atoms with Crippen LogP contribution in [0.15, 0.2) is 78.4 Å². The van der Waals surface area contributed by atoms with E-state index in [0.29, 0.717) is 17.5 Å². The van der Waals surface area contributed by atoms with Crippen LogP contribution in [-0.4, -0.2) is 32.9 Å². The summed E-state index contributed by atoms with van der Waals surface area (Å²) in [6.07, 6.45) is 0.756. The van der Waals surface area contributed by atoms with Crippen molar-refractivity contribution in [1.82, 2.24) is 4.90 Å². The summed E-state index contributed by atoms with van der Waals surface area (Å²) in [5.74, 6) is -0.780. The largest absolute Gasteiger partial charge is 0.508 e. The number of rotatable bonds is 4. The zero-order chi connectivity index (χ0) is 23.1. The molecule has 2 atom stereocenters. The van der Waals surface area contributed by atoms with Crippen LogP contribution in [0.4, 0.5) is 0 Å². The van der Waals surface area contributed by atoms with Gasteiger partial charge in [0.15, 0.2) is 0 Å². The topological polar surface area (TPSA) is 87.1 Å². The van der Waals surface area contributed by atoms with E-state index in [1.54, 1.807) is 24.3 Å². The van der Waals surface area contributed by atoms with Crippen molar-refractivity contribution in [3.05, 3.63) is 101 Å². The number of hydrogen-bond donors (Lipinski definition) is 2. The number of aliphatic hydroxyl groups excluding tert-OH is 1. The monoisotopic (exact) mass is 441 g/mol. The van der Waals surface area contributed by atoms with E-state index >= 15 is 0 Å². The summed E-state index contributed by atoms with van der Waals surface area (Å²) in [4.78, 5) is 27.7. The summed E-state index contributed by atoms with van der Waals surface area (Å²) in [7, 11) is 0. The van der Waals surface area contributed by atoms with Crippen molar-refractivity contribution in [1.29, 1.82) is 0 Å². The van der Waals surface area contributed by atoms with Gasteiger partial charge in [0.05, 0.1) is 11.6 Å². The van der Waals surface area contributed by atoms with E-state index in [-0.39, 0.29) is 29.7 Å². The first-order valence-electron chi connectivity index (χ1n) is 10.8. The number of benzene rings is 3. The normalized spacial score (nSPS) is 21.2. The lowest BCUT2D eigenvalue weighted by atomic mass is 9.94. The lowest BCUT2D eigenvalue weighted by molar-refractivity contribution is -0.140. The number of likely N-dealkylation sites (tertiary alicyclic amines) is 1. The number of carbonyl (C=O) groups excluding carboxylic acids is 2. The Labute approximate surface area is 191 Å². The van der Waals surface area contributed by atoms with Crippen molar-refractivity contribution in [2.75, 3.05) is 0 Å². The minimum absolute atomic E-state index is 0.0357. The van der Waals surface area contributed by atoms with E-state index in [4.69, 9.17) is 4.74 Å². The Morgan fingerprint density at radius 1 is 1.03 bits per heavy atom. The molecular weight excluding hydrogens is 418 g/mol. The predicted molar refractivity (Wildman–Crippen MR) is 123 cm³/mol. The highest BCUT2D eigenvalue weighted by Gasteiger charge is 2.46. The van der Waals surface area contributed by atoms with Gasteiger partial charge in [-0.05, 0) is 53.9 Å². The molecule has 1 saturated heterocycles. The Morgan fingerprint density at radius 3 is 2.48 bits per heavy atom. The van der Waals surface area contributed by atoms with Crippen molar-refractivity contribution in [2.45, 2.75) is 32.0 Å². The number of phenolic OH excluding ortho intramolecular Hbond substituents is 1. The SMILES string of the molecule is C[C@H]1Cc2cc(C(O)=C3C(=O)C(=O)N(Cc4ccccc4)[C@H]3c3ccc(O)cc3)ccc2O1. The van der Waals surface area contributed by atoms with Crippen LogP contribution in [0.25, 0.3) is 5.76 Å². The van der Waals surface area contributed by atoms with Crippen molar-refractivity contribution in [3.8, 4) is 11.5 Å². The van der Waals surface area contributed by atoms with Crippen LogP contribution in [0.5, 0.6) is 11.5 Å². The van der Waals surface area contributed by atoms with E-state index in [1.807, 2.05) is 43.3 Å². The maximum Gasteiger partial charge on any atom is 0.295 e. The van der Waals surface area contributed by atoms with E-state index in [9.17, 15) is 19.8 Å². The molecule has 0 saturated carbocycles. The number of aromatic hydroxyl groups is 1. The first kappa shape index (κ1) is 20.8. The molecule has 3 aromatic rings. The minimum Gasteiger partial charge on any atom is -0.508 e. The molecule has 3 aromatic carbocycles. The molecule has 2 heterocycles. The van der Waals surface area contributed by atoms with Crippen molar-refractivity contribution in [3.63, 3.8) is 0 Å². The molecule has 0 aromatic heterocycles. The fraction of sp³-hybridized carbons (Fsp3) is 0.185. The Kier molecular flexibility index (Phi) is 5.13. The van der Waals surface area contributed by atoms with Crippen LogP contribution in [0.3, 0.4) is 0 Å². The molecule has 33 heavy (non-hydrogen) atoms.